The second-order valence-electron chi connectivity index (χ2n) is 5.98. The van der Waals surface area contributed by atoms with E-state index in [1.807, 2.05) is 19.1 Å². The Labute approximate surface area is 155 Å². The highest BCUT2D eigenvalue weighted by molar-refractivity contribution is 6.00. The lowest BCUT2D eigenvalue weighted by Gasteiger charge is -2.13. The summed E-state index contributed by atoms with van der Waals surface area (Å²) in [5, 5.41) is 0. The minimum Gasteiger partial charge on any atom is -0.496 e. The number of nitrogens with one attached hydrogen (secondary N) is 1. The number of hydrogen-bond acceptors (Lipinski definition) is 4. The van der Waals surface area contributed by atoms with Gasteiger partial charge >= 0.3 is 0 Å². The summed E-state index contributed by atoms with van der Waals surface area (Å²) < 4.78 is 18.6. The van der Waals surface area contributed by atoms with Gasteiger partial charge in [-0.2, -0.15) is 0 Å². The van der Waals surface area contributed by atoms with Crippen LogP contribution >= 0.6 is 0 Å². The number of pyridine rings is 2. The number of H-pyrrole nitrogens is 1. The molecule has 0 unspecified atom stereocenters. The number of halogens is 1. The molecule has 0 bridgehead atoms. The molecule has 3 aromatic rings. The molecule has 2 heterocycles. The van der Waals surface area contributed by atoms with Crippen molar-refractivity contribution in [3.8, 4) is 17.0 Å². The van der Waals surface area contributed by atoms with Crippen molar-refractivity contribution < 1.29 is 9.13 Å². The highest BCUT2D eigenvalue weighted by Gasteiger charge is 2.13. The average molecular weight is 366 g/mol. The lowest BCUT2D eigenvalue weighted by molar-refractivity contribution is 0.412. The zero-order valence-corrected chi connectivity index (χ0v) is 15.0. The highest BCUT2D eigenvalue weighted by Crippen LogP contribution is 2.29. The molecule has 0 radical (unpaired) electrons. The van der Waals surface area contributed by atoms with Crippen molar-refractivity contribution in [2.75, 3.05) is 7.11 Å². The summed E-state index contributed by atoms with van der Waals surface area (Å²) in [6.07, 6.45) is 2.73. The van der Waals surface area contributed by atoms with Gasteiger partial charge in [-0.15, -0.1) is 0 Å². The molecule has 138 valence electrons. The first-order valence-corrected chi connectivity index (χ1v) is 8.26. The van der Waals surface area contributed by atoms with E-state index >= 15 is 0 Å². The first-order valence-electron chi connectivity index (χ1n) is 8.26. The molecule has 3 N–H and O–H groups in total. The predicted octanol–water partition coefficient (Wildman–Crippen LogP) is 2.80. The Morgan fingerprint density at radius 2 is 2.11 bits per heavy atom. The molecule has 0 aliphatic heterocycles. The van der Waals surface area contributed by atoms with Crippen LogP contribution in [-0.4, -0.2) is 22.9 Å². The van der Waals surface area contributed by atoms with Crippen LogP contribution < -0.4 is 16.0 Å². The van der Waals surface area contributed by atoms with Crippen LogP contribution in [0.15, 0.2) is 58.6 Å². The van der Waals surface area contributed by atoms with Gasteiger partial charge in [0.1, 0.15) is 17.4 Å². The van der Waals surface area contributed by atoms with Gasteiger partial charge in [-0.05, 0) is 42.8 Å². The van der Waals surface area contributed by atoms with E-state index in [2.05, 4.69) is 15.0 Å². The van der Waals surface area contributed by atoms with Crippen LogP contribution in [0.3, 0.4) is 0 Å². The van der Waals surface area contributed by atoms with Crippen molar-refractivity contribution in [1.82, 2.24) is 9.97 Å². The molecule has 2 aromatic heterocycles. The van der Waals surface area contributed by atoms with E-state index in [9.17, 15) is 9.18 Å². The van der Waals surface area contributed by atoms with Crippen LogP contribution in [0.1, 0.15) is 16.7 Å². The normalized spacial score (nSPS) is 11.4. The summed E-state index contributed by atoms with van der Waals surface area (Å²) >= 11 is 0. The molecule has 6 nitrogen and oxygen atoms in total. The van der Waals surface area contributed by atoms with Gasteiger partial charge in [-0.25, -0.2) is 4.39 Å². The summed E-state index contributed by atoms with van der Waals surface area (Å²) in [5.41, 5.74) is 9.62. The van der Waals surface area contributed by atoms with Crippen molar-refractivity contribution in [3.63, 3.8) is 0 Å². The first kappa shape index (κ1) is 18.3. The maximum absolute atomic E-state index is 13.2. The molecule has 27 heavy (non-hydrogen) atoms. The fourth-order valence-corrected chi connectivity index (χ4v) is 2.71. The van der Waals surface area contributed by atoms with E-state index < -0.39 is 5.82 Å². The fourth-order valence-electron chi connectivity index (χ4n) is 2.71. The highest BCUT2D eigenvalue weighted by atomic mass is 19.1. The van der Waals surface area contributed by atoms with Crippen molar-refractivity contribution in [1.29, 1.82) is 0 Å². The molecule has 3 rings (SSSR count). The monoisotopic (exact) mass is 366 g/mol. The number of nitrogens with two attached hydrogens (primary N) is 1. The minimum absolute atomic E-state index is 0.191. The van der Waals surface area contributed by atoms with Crippen molar-refractivity contribution in [2.45, 2.75) is 13.5 Å². The summed E-state index contributed by atoms with van der Waals surface area (Å²) in [7, 11) is 1.57. The number of nitrogens with zero attached hydrogens (tertiary/aromatic N) is 2. The third-order valence-corrected chi connectivity index (χ3v) is 4.15. The van der Waals surface area contributed by atoms with Gasteiger partial charge in [0.2, 0.25) is 5.56 Å². The topological polar surface area (TPSA) is 93.4 Å². The van der Waals surface area contributed by atoms with E-state index in [4.69, 9.17) is 10.5 Å². The molecule has 0 aliphatic carbocycles. The van der Waals surface area contributed by atoms with Crippen molar-refractivity contribution in [3.05, 3.63) is 81.7 Å². The average Bonchev–Trinajstić information content (AvgIpc) is 2.67. The summed E-state index contributed by atoms with van der Waals surface area (Å²) in [6.45, 7) is 2.15. The van der Waals surface area contributed by atoms with Gasteiger partial charge in [-0.1, -0.05) is 0 Å². The molecule has 0 aliphatic rings. The maximum Gasteiger partial charge on any atom is 0.248 e. The largest absolute Gasteiger partial charge is 0.496 e. The van der Waals surface area contributed by atoms with Crippen LogP contribution in [-0.2, 0) is 6.54 Å². The van der Waals surface area contributed by atoms with Crippen LogP contribution in [0.2, 0.25) is 0 Å². The quantitative estimate of drug-likeness (QED) is 0.536. The summed E-state index contributed by atoms with van der Waals surface area (Å²) in [5.74, 6) is 0.537. The van der Waals surface area contributed by atoms with E-state index in [0.717, 1.165) is 22.9 Å². The third-order valence-electron chi connectivity index (χ3n) is 4.15. The molecular formula is C20H19FN4O2. The predicted molar refractivity (Wildman–Crippen MR) is 102 cm³/mol. The Bertz CT molecular complexity index is 1040. The minimum atomic E-state index is -0.406. The van der Waals surface area contributed by atoms with Gasteiger partial charge in [0.15, 0.2) is 0 Å². The number of amidine groups is 1. The van der Waals surface area contributed by atoms with Crippen molar-refractivity contribution >= 4 is 5.84 Å². The lowest BCUT2D eigenvalue weighted by Crippen LogP contribution is -2.16. The zero-order valence-electron chi connectivity index (χ0n) is 15.0. The van der Waals surface area contributed by atoms with Crippen molar-refractivity contribution in [2.24, 2.45) is 10.7 Å². The third kappa shape index (κ3) is 4.20. The van der Waals surface area contributed by atoms with E-state index in [0.29, 0.717) is 22.8 Å². The number of rotatable bonds is 5. The molecule has 0 saturated heterocycles. The molecule has 1 aromatic carbocycles. The maximum atomic E-state index is 13.2. The van der Waals surface area contributed by atoms with Gasteiger partial charge < -0.3 is 15.5 Å². The number of benzene rings is 1. The number of aromatic nitrogens is 2. The number of aromatic amines is 1. The lowest BCUT2D eigenvalue weighted by atomic mass is 10.0. The molecule has 0 spiro atoms. The number of methoxy groups -OCH3 is 1. The zero-order chi connectivity index (χ0) is 19.4. The smallest absolute Gasteiger partial charge is 0.248 e. The molecule has 0 atom stereocenters. The number of ether oxygens (including phenoxy) is 1. The standard InChI is InChI=1S/C20H19FN4O2/c1-12-16(20(22)25-10-13-5-6-23-19(26)7-13)8-14(9-18(12)27-2)17-4-3-15(21)11-24-17/h3-9,11H,10H2,1-2H3,(H2,22,25)(H,23,26). The van der Waals surface area contributed by atoms with Gasteiger partial charge in [0.05, 0.1) is 25.5 Å². The second kappa shape index (κ2) is 7.82. The van der Waals surface area contributed by atoms with Crippen LogP contribution in [0, 0.1) is 12.7 Å². The van der Waals surface area contributed by atoms with Crippen LogP contribution in [0.4, 0.5) is 4.39 Å². The Kier molecular flexibility index (Phi) is 5.30. The number of hydrogen-bond donors (Lipinski definition) is 2. The molecule has 0 saturated carbocycles. The van der Waals surface area contributed by atoms with E-state index in [-0.39, 0.29) is 12.1 Å². The van der Waals surface area contributed by atoms with Gasteiger partial charge in [0.25, 0.3) is 0 Å². The molecule has 0 amide bonds. The Balaban J connectivity index is 2.00. The first-order chi connectivity index (χ1) is 13.0. The molecular weight excluding hydrogens is 347 g/mol. The van der Waals surface area contributed by atoms with Gasteiger partial charge in [-0.3, -0.25) is 14.8 Å². The van der Waals surface area contributed by atoms with Gasteiger partial charge in [0, 0.05) is 29.0 Å². The SMILES string of the molecule is COc1cc(-c2ccc(F)cn2)cc(C(N)=NCc2cc[nH]c(=O)c2)c1C. The van der Waals surface area contributed by atoms with E-state index in [1.54, 1.807) is 25.4 Å². The van der Waals surface area contributed by atoms with Crippen LogP contribution in [0.5, 0.6) is 5.75 Å². The summed E-state index contributed by atoms with van der Waals surface area (Å²) in [6, 6.07) is 9.84. The fraction of sp³-hybridized carbons (Fsp3) is 0.150. The number of aliphatic imine (C=N–C) groups is 1. The Morgan fingerprint density at radius 3 is 2.78 bits per heavy atom. The Morgan fingerprint density at radius 1 is 1.30 bits per heavy atom. The molecule has 7 heteroatoms. The molecule has 0 fully saturated rings. The van der Waals surface area contributed by atoms with Crippen LogP contribution in [0.25, 0.3) is 11.3 Å². The Hall–Kier alpha value is -3.48. The van der Waals surface area contributed by atoms with E-state index in [1.165, 1.54) is 12.1 Å². The summed E-state index contributed by atoms with van der Waals surface area (Å²) in [4.78, 5) is 22.4. The second-order valence-corrected chi connectivity index (χ2v) is 5.98.